The minimum absolute atomic E-state index is 0.0766. The molecule has 2 bridgehead atoms. The van der Waals surface area contributed by atoms with Gasteiger partial charge in [0.05, 0.1) is 12.5 Å². The molecule has 0 saturated carbocycles. The summed E-state index contributed by atoms with van der Waals surface area (Å²) in [5.74, 6) is -0.0234. The highest BCUT2D eigenvalue weighted by Gasteiger charge is 2.49. The number of nitrogens with two attached hydrogens (primary N) is 1. The quantitative estimate of drug-likeness (QED) is 0.344. The van der Waals surface area contributed by atoms with E-state index < -0.39 is 0 Å². The maximum Gasteiger partial charge on any atom is 0.311 e. The Bertz CT molecular complexity index is 889. The molecule has 0 amide bonds. The van der Waals surface area contributed by atoms with Crippen LogP contribution in [0.2, 0.25) is 5.02 Å². The predicted octanol–water partition coefficient (Wildman–Crippen LogP) is 4.88. The number of hydrogen-bond donors (Lipinski definition) is 1. The molecule has 6 heteroatoms. The van der Waals surface area contributed by atoms with Gasteiger partial charge in [-0.15, -0.1) is 0 Å². The molecule has 29 heavy (non-hydrogen) atoms. The van der Waals surface area contributed by atoms with E-state index in [1.54, 1.807) is 0 Å². The van der Waals surface area contributed by atoms with Crippen molar-refractivity contribution in [3.63, 3.8) is 0 Å². The smallest absolute Gasteiger partial charge is 0.311 e. The lowest BCUT2D eigenvalue weighted by molar-refractivity contribution is -0.153. The van der Waals surface area contributed by atoms with E-state index >= 15 is 0 Å². The van der Waals surface area contributed by atoms with Crippen LogP contribution in [0.1, 0.15) is 36.3 Å². The second-order valence-electron chi connectivity index (χ2n) is 8.16. The Morgan fingerprint density at radius 3 is 2.72 bits per heavy atom. The zero-order valence-corrected chi connectivity index (χ0v) is 19.4. The summed E-state index contributed by atoms with van der Waals surface area (Å²) in [6.45, 7) is 0.391. The third-order valence-electron chi connectivity index (χ3n) is 6.54. The number of benzene rings is 2. The molecule has 2 aliphatic heterocycles. The van der Waals surface area contributed by atoms with Gasteiger partial charge in [0.25, 0.3) is 0 Å². The van der Waals surface area contributed by atoms with E-state index in [2.05, 4.69) is 52.7 Å². The molecule has 4 nitrogen and oxygen atoms in total. The fraction of sp³-hybridized carbons (Fsp3) is 0.435. The first kappa shape index (κ1) is 20.9. The molecule has 2 aromatic carbocycles. The van der Waals surface area contributed by atoms with Crippen molar-refractivity contribution in [2.45, 2.75) is 43.7 Å². The summed E-state index contributed by atoms with van der Waals surface area (Å²) >= 11 is 8.31. The fourth-order valence-electron chi connectivity index (χ4n) is 4.93. The van der Waals surface area contributed by atoms with Crippen LogP contribution in [0.3, 0.4) is 0 Å². The number of rotatable bonds is 5. The van der Waals surface area contributed by atoms with Crippen molar-refractivity contribution in [2.24, 2.45) is 5.92 Å². The highest BCUT2D eigenvalue weighted by molar-refractivity contribution is 14.1. The van der Waals surface area contributed by atoms with Gasteiger partial charge < -0.3 is 10.5 Å². The topological polar surface area (TPSA) is 55.6 Å². The minimum atomic E-state index is -0.133. The van der Waals surface area contributed by atoms with Crippen LogP contribution in [0.4, 0.5) is 5.69 Å². The van der Waals surface area contributed by atoms with Gasteiger partial charge in [0.2, 0.25) is 0 Å². The van der Waals surface area contributed by atoms with Crippen molar-refractivity contribution in [2.75, 3.05) is 19.4 Å². The van der Waals surface area contributed by atoms with Gasteiger partial charge in [0.1, 0.15) is 0 Å². The third-order valence-corrected chi connectivity index (χ3v) is 7.73. The Labute approximate surface area is 190 Å². The van der Waals surface area contributed by atoms with Gasteiger partial charge in [-0.3, -0.25) is 9.69 Å². The molecule has 0 radical (unpaired) electrons. The van der Waals surface area contributed by atoms with E-state index in [0.29, 0.717) is 19.1 Å². The number of piperidine rings is 1. The molecule has 2 fully saturated rings. The van der Waals surface area contributed by atoms with Crippen LogP contribution in [0, 0.1) is 9.49 Å². The number of carbonyl (C=O) groups excluding carboxylic acids is 1. The molecule has 4 rings (SSSR count). The number of halogens is 2. The molecule has 2 heterocycles. The van der Waals surface area contributed by atoms with Crippen LogP contribution in [0.15, 0.2) is 42.5 Å². The Morgan fingerprint density at radius 1 is 1.24 bits per heavy atom. The number of carbonyl (C=O) groups is 1. The fourth-order valence-corrected chi connectivity index (χ4v) is 5.64. The van der Waals surface area contributed by atoms with Crippen molar-refractivity contribution in [3.05, 3.63) is 62.2 Å². The first-order valence-corrected chi connectivity index (χ1v) is 11.6. The number of fused-ring (bicyclic) bond motifs is 2. The molecular formula is C23H26ClIN2O2. The minimum Gasteiger partial charge on any atom is -0.465 e. The molecule has 2 aliphatic rings. The summed E-state index contributed by atoms with van der Waals surface area (Å²) in [7, 11) is 2.15. The lowest BCUT2D eigenvalue weighted by Gasteiger charge is -2.42. The lowest BCUT2D eigenvalue weighted by Crippen LogP contribution is -2.49. The zero-order valence-electron chi connectivity index (χ0n) is 16.5. The first-order chi connectivity index (χ1) is 13.9. The summed E-state index contributed by atoms with van der Waals surface area (Å²) in [5.41, 5.74) is 8.98. The SMILES string of the molecule is CN1C2CCC1C(C(=O)OCCc1ccc(N)c(I)c1)[C@@H](c1ccc(Cl)cc1)C2. The molecule has 2 N–H and O–H groups in total. The Hall–Kier alpha value is -1.31. The molecule has 0 aromatic heterocycles. The number of hydrogen-bond acceptors (Lipinski definition) is 4. The Balaban J connectivity index is 1.47. The summed E-state index contributed by atoms with van der Waals surface area (Å²) in [6.07, 6.45) is 3.90. The van der Waals surface area contributed by atoms with E-state index in [9.17, 15) is 4.79 Å². The monoisotopic (exact) mass is 524 g/mol. The van der Waals surface area contributed by atoms with Crippen molar-refractivity contribution < 1.29 is 9.53 Å². The van der Waals surface area contributed by atoms with Crippen molar-refractivity contribution >= 4 is 45.8 Å². The second kappa shape index (κ2) is 8.82. The van der Waals surface area contributed by atoms with Gasteiger partial charge in [0.15, 0.2) is 0 Å². The number of nitrogens with zero attached hydrogens (tertiary/aromatic N) is 1. The molecule has 4 atom stereocenters. The first-order valence-electron chi connectivity index (χ1n) is 10.1. The summed E-state index contributed by atoms with van der Waals surface area (Å²) in [6, 6.07) is 14.7. The average molecular weight is 525 g/mol. The van der Waals surface area contributed by atoms with Gasteiger partial charge in [-0.05, 0) is 84.3 Å². The van der Waals surface area contributed by atoms with Gasteiger partial charge in [-0.2, -0.15) is 0 Å². The Morgan fingerprint density at radius 2 is 2.00 bits per heavy atom. The predicted molar refractivity (Wildman–Crippen MR) is 125 cm³/mol. The second-order valence-corrected chi connectivity index (χ2v) is 9.76. The molecule has 0 aliphatic carbocycles. The van der Waals surface area contributed by atoms with E-state index in [4.69, 9.17) is 22.1 Å². The molecule has 2 saturated heterocycles. The number of esters is 1. The van der Waals surface area contributed by atoms with E-state index in [-0.39, 0.29) is 23.8 Å². The standard InChI is InChI=1S/C23H26ClIN2O2/c1-27-17-7-9-21(27)22(18(13-17)15-3-5-16(24)6-4-15)23(28)29-11-10-14-2-8-20(26)19(25)12-14/h2-6,8,12,17-18,21-22H,7,9-11,13,26H2,1H3/t17?,18-,21?,22?/m1/s1. The molecule has 154 valence electrons. The number of nitrogen functional groups attached to an aromatic ring is 1. The van der Waals surface area contributed by atoms with Crippen molar-refractivity contribution in [1.82, 2.24) is 4.90 Å². The van der Waals surface area contributed by atoms with Crippen LogP contribution in [-0.4, -0.2) is 36.6 Å². The normalized spacial score (nSPS) is 26.4. The maximum absolute atomic E-state index is 13.2. The summed E-state index contributed by atoms with van der Waals surface area (Å²) < 4.78 is 6.83. The van der Waals surface area contributed by atoms with Crippen LogP contribution in [0.25, 0.3) is 0 Å². The van der Waals surface area contributed by atoms with Gasteiger partial charge in [0, 0.05) is 38.7 Å². The molecule has 3 unspecified atom stereocenters. The van der Waals surface area contributed by atoms with E-state index in [1.807, 2.05) is 24.3 Å². The van der Waals surface area contributed by atoms with Crippen molar-refractivity contribution in [3.8, 4) is 0 Å². The Kier molecular flexibility index (Phi) is 6.37. The number of anilines is 1. The molecule has 2 aromatic rings. The lowest BCUT2D eigenvalue weighted by atomic mass is 9.76. The van der Waals surface area contributed by atoms with E-state index in [0.717, 1.165) is 39.1 Å². The van der Waals surface area contributed by atoms with Crippen LogP contribution < -0.4 is 5.73 Å². The highest BCUT2D eigenvalue weighted by atomic mass is 127. The number of ether oxygens (including phenoxy) is 1. The van der Waals surface area contributed by atoms with E-state index in [1.165, 1.54) is 5.56 Å². The summed E-state index contributed by atoms with van der Waals surface area (Å²) in [5, 5.41) is 0.724. The molecular weight excluding hydrogens is 499 g/mol. The van der Waals surface area contributed by atoms with Crippen LogP contribution >= 0.6 is 34.2 Å². The summed E-state index contributed by atoms with van der Waals surface area (Å²) in [4.78, 5) is 15.6. The van der Waals surface area contributed by atoms with Gasteiger partial charge in [-0.25, -0.2) is 0 Å². The zero-order chi connectivity index (χ0) is 20.5. The van der Waals surface area contributed by atoms with Crippen LogP contribution in [-0.2, 0) is 16.0 Å². The molecule has 0 spiro atoms. The maximum atomic E-state index is 13.2. The van der Waals surface area contributed by atoms with Crippen LogP contribution in [0.5, 0.6) is 0 Å². The van der Waals surface area contributed by atoms with Gasteiger partial charge >= 0.3 is 5.97 Å². The third kappa shape index (κ3) is 4.42. The van der Waals surface area contributed by atoms with Crippen molar-refractivity contribution in [1.29, 1.82) is 0 Å². The van der Waals surface area contributed by atoms with Gasteiger partial charge in [-0.1, -0.05) is 29.8 Å². The average Bonchev–Trinajstić information content (AvgIpc) is 2.93. The largest absolute Gasteiger partial charge is 0.465 e. The highest BCUT2D eigenvalue weighted by Crippen LogP contribution is 2.46.